The first-order chi connectivity index (χ1) is 11.7. The molecule has 0 saturated carbocycles. The molecule has 1 N–H and O–H groups in total. The van der Waals surface area contributed by atoms with E-state index in [-0.39, 0.29) is 5.82 Å². The molecule has 0 bridgehead atoms. The van der Waals surface area contributed by atoms with Gasteiger partial charge in [0, 0.05) is 49.7 Å². The first-order valence-electron chi connectivity index (χ1n) is 8.68. The maximum absolute atomic E-state index is 13.5. The molecule has 5 heteroatoms. The van der Waals surface area contributed by atoms with Crippen LogP contribution in [-0.4, -0.2) is 38.0 Å². The lowest BCUT2D eigenvalue weighted by molar-refractivity contribution is 0.0206. The van der Waals surface area contributed by atoms with Crippen molar-refractivity contribution in [2.24, 2.45) is 5.92 Å². The van der Waals surface area contributed by atoms with E-state index in [0.717, 1.165) is 74.5 Å². The van der Waals surface area contributed by atoms with Gasteiger partial charge in [-0.15, -0.1) is 0 Å². The fourth-order valence-corrected chi connectivity index (χ4v) is 3.04. The second-order valence-corrected chi connectivity index (χ2v) is 6.38. The van der Waals surface area contributed by atoms with Gasteiger partial charge in [0.2, 0.25) is 0 Å². The molecule has 1 saturated heterocycles. The molecule has 0 atom stereocenters. The van der Waals surface area contributed by atoms with Crippen LogP contribution < -0.4 is 5.32 Å². The molecule has 1 aliphatic heterocycles. The number of pyridine rings is 1. The molecule has 3 rings (SSSR count). The fourth-order valence-electron chi connectivity index (χ4n) is 3.04. The van der Waals surface area contributed by atoms with Crippen LogP contribution in [0.1, 0.15) is 25.0 Å². The highest BCUT2D eigenvalue weighted by molar-refractivity contribution is 5.91. The molecule has 2 aromatic rings. The highest BCUT2D eigenvalue weighted by Gasteiger charge is 2.13. The van der Waals surface area contributed by atoms with Crippen molar-refractivity contribution in [3.8, 4) is 0 Å². The number of nitrogens with zero attached hydrogens (tertiary/aromatic N) is 1. The Morgan fingerprint density at radius 3 is 2.96 bits per heavy atom. The molecule has 130 valence electrons. The molecule has 1 aromatic carbocycles. The second kappa shape index (κ2) is 8.40. The van der Waals surface area contributed by atoms with Gasteiger partial charge in [-0.05, 0) is 56.4 Å². The Hall–Kier alpha value is -1.72. The van der Waals surface area contributed by atoms with Crippen LogP contribution in [0.15, 0.2) is 24.3 Å². The summed E-state index contributed by atoms with van der Waals surface area (Å²) >= 11 is 0. The van der Waals surface area contributed by atoms with Crippen molar-refractivity contribution in [3.05, 3.63) is 35.8 Å². The summed E-state index contributed by atoms with van der Waals surface area (Å²) < 4.78 is 24.6. The third kappa shape index (κ3) is 4.65. The number of anilines is 1. The van der Waals surface area contributed by atoms with E-state index in [1.807, 2.05) is 13.0 Å². The molecule has 4 nitrogen and oxygen atoms in total. The summed E-state index contributed by atoms with van der Waals surface area (Å²) in [4.78, 5) is 4.45. The van der Waals surface area contributed by atoms with Gasteiger partial charge in [-0.3, -0.25) is 4.98 Å². The minimum atomic E-state index is -0.240. The molecule has 1 fully saturated rings. The van der Waals surface area contributed by atoms with Gasteiger partial charge in [-0.2, -0.15) is 0 Å². The van der Waals surface area contributed by atoms with Crippen molar-refractivity contribution < 1.29 is 13.9 Å². The number of fused-ring (bicyclic) bond motifs is 1. The normalized spacial score (nSPS) is 15.8. The number of halogens is 1. The zero-order chi connectivity index (χ0) is 16.8. The number of rotatable bonds is 7. The maximum Gasteiger partial charge on any atom is 0.124 e. The lowest BCUT2D eigenvalue weighted by Gasteiger charge is -2.21. The van der Waals surface area contributed by atoms with Crippen molar-refractivity contribution >= 4 is 16.6 Å². The summed E-state index contributed by atoms with van der Waals surface area (Å²) in [5.74, 6) is 0.400. The summed E-state index contributed by atoms with van der Waals surface area (Å²) in [6.07, 6.45) is 3.12. The average molecular weight is 332 g/mol. The van der Waals surface area contributed by atoms with Crippen molar-refractivity contribution in [2.45, 2.75) is 26.2 Å². The minimum absolute atomic E-state index is 0.240. The molecular weight excluding hydrogens is 307 g/mol. The van der Waals surface area contributed by atoms with Gasteiger partial charge < -0.3 is 14.8 Å². The Morgan fingerprint density at radius 2 is 2.12 bits per heavy atom. The van der Waals surface area contributed by atoms with Gasteiger partial charge in [0.05, 0.1) is 5.52 Å². The third-order valence-corrected chi connectivity index (χ3v) is 4.37. The van der Waals surface area contributed by atoms with E-state index in [0.29, 0.717) is 5.92 Å². The first-order valence-corrected chi connectivity index (χ1v) is 8.68. The van der Waals surface area contributed by atoms with Crippen LogP contribution in [0.3, 0.4) is 0 Å². The summed E-state index contributed by atoms with van der Waals surface area (Å²) in [6.45, 7) is 6.03. The fraction of sp³-hybridized carbons (Fsp3) is 0.526. The Labute approximate surface area is 142 Å². The predicted octanol–water partition coefficient (Wildman–Crippen LogP) is 3.93. The van der Waals surface area contributed by atoms with E-state index in [2.05, 4.69) is 10.3 Å². The summed E-state index contributed by atoms with van der Waals surface area (Å²) in [5, 5.41) is 4.21. The smallest absolute Gasteiger partial charge is 0.124 e. The second-order valence-electron chi connectivity index (χ2n) is 6.38. The molecular formula is C19H25FN2O2. The number of benzene rings is 1. The minimum Gasteiger partial charge on any atom is -0.384 e. The molecule has 24 heavy (non-hydrogen) atoms. The zero-order valence-electron chi connectivity index (χ0n) is 14.2. The summed E-state index contributed by atoms with van der Waals surface area (Å²) in [5.41, 5.74) is 2.67. The Morgan fingerprint density at radius 1 is 1.29 bits per heavy atom. The lowest BCUT2D eigenvalue weighted by Crippen LogP contribution is -2.20. The Bertz CT molecular complexity index is 672. The molecule has 1 aliphatic rings. The zero-order valence-corrected chi connectivity index (χ0v) is 14.2. The van der Waals surface area contributed by atoms with Gasteiger partial charge in [0.15, 0.2) is 0 Å². The molecule has 0 unspecified atom stereocenters. The van der Waals surface area contributed by atoms with E-state index in [9.17, 15) is 4.39 Å². The van der Waals surface area contributed by atoms with Crippen LogP contribution in [-0.2, 0) is 9.47 Å². The number of hydrogen-bond acceptors (Lipinski definition) is 4. The van der Waals surface area contributed by atoms with E-state index >= 15 is 0 Å². The molecule has 0 radical (unpaired) electrons. The number of aromatic nitrogens is 1. The highest BCUT2D eigenvalue weighted by Crippen LogP contribution is 2.24. The number of hydrogen-bond donors (Lipinski definition) is 1. The van der Waals surface area contributed by atoms with Crippen LogP contribution in [0, 0.1) is 18.7 Å². The largest absolute Gasteiger partial charge is 0.384 e. The topological polar surface area (TPSA) is 43.4 Å². The first kappa shape index (κ1) is 17.1. The molecule has 0 spiro atoms. The van der Waals surface area contributed by atoms with Crippen LogP contribution in [0.2, 0.25) is 0 Å². The van der Waals surface area contributed by atoms with Crippen LogP contribution in [0.5, 0.6) is 0 Å². The third-order valence-electron chi connectivity index (χ3n) is 4.37. The summed E-state index contributed by atoms with van der Waals surface area (Å²) in [7, 11) is 0. The number of nitrogens with one attached hydrogen (secondary N) is 1. The summed E-state index contributed by atoms with van der Waals surface area (Å²) in [6, 6.07) is 6.67. The maximum atomic E-state index is 13.5. The Balaban J connectivity index is 1.46. The van der Waals surface area contributed by atoms with Crippen molar-refractivity contribution in [1.82, 2.24) is 4.98 Å². The van der Waals surface area contributed by atoms with Gasteiger partial charge in [-0.25, -0.2) is 4.39 Å². The van der Waals surface area contributed by atoms with Crippen LogP contribution in [0.4, 0.5) is 10.1 Å². The lowest BCUT2D eigenvalue weighted by atomic mass is 10.0. The SMILES string of the molecule is Cc1cc(NCCCOCC2CCOCC2)c2cc(F)ccc2n1. The van der Waals surface area contributed by atoms with E-state index in [4.69, 9.17) is 9.47 Å². The van der Waals surface area contributed by atoms with Crippen molar-refractivity contribution in [1.29, 1.82) is 0 Å². The molecule has 2 heterocycles. The Kier molecular flexibility index (Phi) is 5.99. The molecule has 0 amide bonds. The van der Waals surface area contributed by atoms with Gasteiger partial charge in [0.25, 0.3) is 0 Å². The van der Waals surface area contributed by atoms with E-state index in [1.54, 1.807) is 6.07 Å². The van der Waals surface area contributed by atoms with Crippen LogP contribution >= 0.6 is 0 Å². The van der Waals surface area contributed by atoms with Gasteiger partial charge >= 0.3 is 0 Å². The standard InChI is InChI=1S/C19H25FN2O2/c1-14-11-19(17-12-16(20)3-4-18(17)22-14)21-7-2-8-24-13-15-5-9-23-10-6-15/h3-4,11-12,15H,2,5-10,13H2,1H3,(H,21,22). The van der Waals surface area contributed by atoms with Crippen molar-refractivity contribution in [2.75, 3.05) is 38.3 Å². The van der Waals surface area contributed by atoms with Crippen LogP contribution in [0.25, 0.3) is 10.9 Å². The van der Waals surface area contributed by atoms with Crippen molar-refractivity contribution in [3.63, 3.8) is 0 Å². The average Bonchev–Trinajstić information content (AvgIpc) is 2.59. The van der Waals surface area contributed by atoms with E-state index in [1.165, 1.54) is 12.1 Å². The molecule has 0 aliphatic carbocycles. The van der Waals surface area contributed by atoms with E-state index < -0.39 is 0 Å². The highest BCUT2D eigenvalue weighted by atomic mass is 19.1. The molecule has 1 aromatic heterocycles. The van der Waals surface area contributed by atoms with Gasteiger partial charge in [-0.1, -0.05) is 0 Å². The predicted molar refractivity (Wildman–Crippen MR) is 93.9 cm³/mol. The monoisotopic (exact) mass is 332 g/mol. The van der Waals surface area contributed by atoms with Gasteiger partial charge in [0.1, 0.15) is 5.82 Å². The number of aryl methyl sites for hydroxylation is 1. The quantitative estimate of drug-likeness (QED) is 0.780. The number of ether oxygens (including phenoxy) is 2.